The van der Waals surface area contributed by atoms with Gasteiger partial charge in [0.15, 0.2) is 0 Å². The van der Waals surface area contributed by atoms with Crippen LogP contribution in [0.4, 0.5) is 18.0 Å². The molecule has 11 heteroatoms. The molecule has 0 radical (unpaired) electrons. The maximum absolute atomic E-state index is 14.6. The maximum Gasteiger partial charge on any atom is 0.341 e. The van der Waals surface area contributed by atoms with Crippen LogP contribution >= 0.6 is 23.2 Å². The lowest BCUT2D eigenvalue weighted by molar-refractivity contribution is -0.0193. The van der Waals surface area contributed by atoms with E-state index in [0.29, 0.717) is 5.06 Å². The second-order valence-electron chi connectivity index (χ2n) is 5.75. The van der Waals surface area contributed by atoms with Crippen LogP contribution in [0.1, 0.15) is 18.7 Å². The minimum Gasteiger partial charge on any atom is -0.485 e. The number of pyridine rings is 1. The molecule has 1 aromatic carbocycles. The average Bonchev–Trinajstić information content (AvgIpc) is 2.59. The van der Waals surface area contributed by atoms with Gasteiger partial charge in [-0.15, -0.1) is 0 Å². The van der Waals surface area contributed by atoms with E-state index < -0.39 is 30.9 Å². The summed E-state index contributed by atoms with van der Waals surface area (Å²) >= 11 is 12.0. The smallest absolute Gasteiger partial charge is 0.341 e. The van der Waals surface area contributed by atoms with E-state index in [1.54, 1.807) is 0 Å². The third-order valence-electron chi connectivity index (χ3n) is 3.59. The van der Waals surface area contributed by atoms with E-state index >= 15 is 0 Å². The summed E-state index contributed by atoms with van der Waals surface area (Å²) in [5.74, 6) is -0.856. The summed E-state index contributed by atoms with van der Waals surface area (Å²) in [6.45, 7) is 0.569. The molecule has 2 rings (SSSR count). The molecule has 152 valence electrons. The predicted octanol–water partition coefficient (Wildman–Crippen LogP) is 4.93. The topological polar surface area (TPSA) is 74.7 Å². The highest BCUT2D eigenvalue weighted by molar-refractivity contribution is 6.36. The Kier molecular flexibility index (Phi) is 7.34. The number of aromatic nitrogens is 1. The van der Waals surface area contributed by atoms with E-state index in [1.165, 1.54) is 25.3 Å². The molecule has 0 spiro atoms. The van der Waals surface area contributed by atoms with Gasteiger partial charge in [0.1, 0.15) is 18.2 Å². The number of urea groups is 1. The van der Waals surface area contributed by atoms with Gasteiger partial charge in [-0.3, -0.25) is 10.2 Å². The van der Waals surface area contributed by atoms with Crippen LogP contribution in [0.5, 0.6) is 5.75 Å². The van der Waals surface area contributed by atoms with Gasteiger partial charge >= 0.3 is 6.03 Å². The lowest BCUT2D eigenvalue weighted by Crippen LogP contribution is -2.37. The number of hydroxylamine groups is 2. The zero-order valence-corrected chi connectivity index (χ0v) is 16.2. The van der Waals surface area contributed by atoms with Crippen LogP contribution in [-0.4, -0.2) is 41.4 Å². The number of carbonyl (C=O) groups excluding carboxylic acids is 1. The van der Waals surface area contributed by atoms with Crippen LogP contribution in [0.2, 0.25) is 10.0 Å². The van der Waals surface area contributed by atoms with Gasteiger partial charge in [0, 0.05) is 29.4 Å². The van der Waals surface area contributed by atoms with Crippen LogP contribution in [-0.2, 0) is 0 Å². The molecular weight excluding hydrogens is 422 g/mol. The van der Waals surface area contributed by atoms with Crippen molar-refractivity contribution >= 4 is 29.2 Å². The summed E-state index contributed by atoms with van der Waals surface area (Å²) in [6, 6.07) is 2.09. The fourth-order valence-corrected chi connectivity index (χ4v) is 2.88. The Morgan fingerprint density at radius 3 is 2.61 bits per heavy atom. The van der Waals surface area contributed by atoms with Crippen LogP contribution in [0.15, 0.2) is 24.4 Å². The van der Waals surface area contributed by atoms with Crippen molar-refractivity contribution < 1.29 is 27.9 Å². The molecule has 2 amide bonds. The van der Waals surface area contributed by atoms with E-state index in [1.807, 2.05) is 0 Å². The summed E-state index contributed by atoms with van der Waals surface area (Å²) in [4.78, 5) is 15.5. The normalized spacial score (nSPS) is 12.0. The van der Waals surface area contributed by atoms with E-state index in [0.717, 1.165) is 13.1 Å². The van der Waals surface area contributed by atoms with E-state index in [2.05, 4.69) is 10.3 Å². The molecule has 1 unspecified atom stereocenters. The Bertz CT molecular complexity index is 869. The predicted molar refractivity (Wildman–Crippen MR) is 97.6 cm³/mol. The quantitative estimate of drug-likeness (QED) is 0.496. The summed E-state index contributed by atoms with van der Waals surface area (Å²) in [7, 11) is 1.11. The number of carbonyl (C=O) groups is 1. The van der Waals surface area contributed by atoms with Crippen molar-refractivity contribution in [1.82, 2.24) is 15.4 Å². The first-order valence-corrected chi connectivity index (χ1v) is 8.64. The minimum absolute atomic E-state index is 0.0146. The Labute approximate surface area is 168 Å². The first-order chi connectivity index (χ1) is 13.1. The Morgan fingerprint density at radius 1 is 1.36 bits per heavy atom. The van der Waals surface area contributed by atoms with Crippen molar-refractivity contribution in [2.24, 2.45) is 0 Å². The molecule has 0 bridgehead atoms. The molecule has 28 heavy (non-hydrogen) atoms. The van der Waals surface area contributed by atoms with Crippen molar-refractivity contribution in [3.63, 3.8) is 0 Å². The van der Waals surface area contributed by atoms with E-state index in [-0.39, 0.29) is 32.6 Å². The van der Waals surface area contributed by atoms with Crippen molar-refractivity contribution in [3.8, 4) is 16.9 Å². The number of nitrogens with zero attached hydrogens (tertiary/aromatic N) is 2. The number of rotatable bonds is 6. The van der Waals surface area contributed by atoms with Gasteiger partial charge in [-0.25, -0.2) is 23.0 Å². The van der Waals surface area contributed by atoms with Gasteiger partial charge in [-0.2, -0.15) is 0 Å². The number of alkyl halides is 2. The van der Waals surface area contributed by atoms with Crippen molar-refractivity contribution in [3.05, 3.63) is 46.0 Å². The fourth-order valence-electron chi connectivity index (χ4n) is 2.33. The third kappa shape index (κ3) is 5.40. The van der Waals surface area contributed by atoms with Gasteiger partial charge in [-0.05, 0) is 25.1 Å². The summed E-state index contributed by atoms with van der Waals surface area (Å²) in [6.07, 6.45) is -1.47. The number of benzene rings is 1. The van der Waals surface area contributed by atoms with Gasteiger partial charge in [0.05, 0.1) is 16.8 Å². The maximum atomic E-state index is 14.6. The lowest BCUT2D eigenvalue weighted by atomic mass is 10.0. The zero-order valence-electron chi connectivity index (χ0n) is 14.7. The average molecular weight is 438 g/mol. The van der Waals surface area contributed by atoms with Gasteiger partial charge in [0.2, 0.25) is 0 Å². The van der Waals surface area contributed by atoms with Gasteiger partial charge < -0.3 is 10.1 Å². The first-order valence-electron chi connectivity index (χ1n) is 7.89. The fraction of sp³-hybridized carbons (Fsp3) is 0.294. The zero-order chi connectivity index (χ0) is 21.0. The number of nitrogens with one attached hydrogen (secondary N) is 1. The van der Waals surface area contributed by atoms with E-state index in [4.69, 9.17) is 33.1 Å². The minimum atomic E-state index is -2.73. The standard InChI is InChI=1S/C17H16Cl2F3N3O3/c1-8(24-17(26)25(2)27)15-13(20)3-9(6-23-15)11-4-10(18)5-12(19)16(11)28-7-14(21)22/h3-6,8,14,27H,7H2,1-2H3,(H,24,26). The van der Waals surface area contributed by atoms with Crippen molar-refractivity contribution in [2.75, 3.05) is 13.7 Å². The highest BCUT2D eigenvalue weighted by Crippen LogP contribution is 2.39. The van der Waals surface area contributed by atoms with E-state index in [9.17, 15) is 18.0 Å². The molecule has 0 aliphatic carbocycles. The van der Waals surface area contributed by atoms with Gasteiger partial charge in [-0.1, -0.05) is 23.2 Å². The van der Waals surface area contributed by atoms with Crippen LogP contribution in [0.3, 0.4) is 0 Å². The summed E-state index contributed by atoms with van der Waals surface area (Å²) in [5, 5.41) is 11.9. The molecular formula is C17H16Cl2F3N3O3. The molecule has 0 saturated heterocycles. The third-order valence-corrected chi connectivity index (χ3v) is 4.09. The molecule has 1 heterocycles. The number of hydrogen-bond donors (Lipinski definition) is 2. The number of ether oxygens (including phenoxy) is 1. The molecule has 0 aliphatic rings. The van der Waals surface area contributed by atoms with Gasteiger partial charge in [0.25, 0.3) is 6.43 Å². The Balaban J connectivity index is 2.39. The largest absolute Gasteiger partial charge is 0.485 e. The molecule has 1 aromatic heterocycles. The highest BCUT2D eigenvalue weighted by atomic mass is 35.5. The second-order valence-corrected chi connectivity index (χ2v) is 6.60. The monoisotopic (exact) mass is 437 g/mol. The number of halogens is 5. The summed E-state index contributed by atoms with van der Waals surface area (Å²) < 4.78 is 44.6. The van der Waals surface area contributed by atoms with Crippen LogP contribution < -0.4 is 10.1 Å². The molecule has 0 saturated carbocycles. The van der Waals surface area contributed by atoms with Crippen molar-refractivity contribution in [1.29, 1.82) is 0 Å². The van der Waals surface area contributed by atoms with Crippen molar-refractivity contribution in [2.45, 2.75) is 19.4 Å². The second kappa shape index (κ2) is 9.31. The molecule has 0 aliphatic heterocycles. The Hall–Kier alpha value is -2.23. The molecule has 0 fully saturated rings. The Morgan fingerprint density at radius 2 is 2.04 bits per heavy atom. The van der Waals surface area contributed by atoms with Crippen LogP contribution in [0.25, 0.3) is 11.1 Å². The number of hydrogen-bond acceptors (Lipinski definition) is 4. The molecule has 2 aromatic rings. The SMILES string of the molecule is CC(NC(=O)N(C)O)c1ncc(-c2cc(Cl)cc(Cl)c2OCC(F)F)cc1F. The highest BCUT2D eigenvalue weighted by Gasteiger charge is 2.20. The number of amides is 2. The first kappa shape index (κ1) is 22.1. The molecule has 1 atom stereocenters. The van der Waals surface area contributed by atoms with Crippen LogP contribution in [0, 0.1) is 5.82 Å². The molecule has 2 N–H and O–H groups in total. The summed E-state index contributed by atoms with van der Waals surface area (Å²) in [5.41, 5.74) is 0.276. The molecule has 6 nitrogen and oxygen atoms in total. The lowest BCUT2D eigenvalue weighted by Gasteiger charge is -2.18.